The van der Waals surface area contributed by atoms with E-state index in [0.717, 1.165) is 83.7 Å². The summed E-state index contributed by atoms with van der Waals surface area (Å²) in [7, 11) is 0. The Morgan fingerprint density at radius 3 is 1.64 bits per heavy atom. The third kappa shape index (κ3) is 5.56. The lowest BCUT2D eigenvalue weighted by molar-refractivity contribution is 0.670. The molecule has 0 saturated carbocycles. The van der Waals surface area contributed by atoms with Gasteiger partial charge in [-0.1, -0.05) is 152 Å². The number of benzene rings is 10. The standard InChI is InChI=1S/C60H39N3O/c1-4-18-40(19-5-1)46-36-37-55(59-50-28-12-15-33-57(50)64-60(46)59)63(54-32-17-31-53-58(54)49-27-11-14-30-52(49)61(53)43-21-6-2-7-22-43)45-25-16-20-41(38-45)42-34-35-48-47-26-10-13-29-51(47)62(56(48)39-42)44-23-8-3-9-24-44/h1-39H. The Labute approximate surface area is 369 Å². The van der Waals surface area contributed by atoms with Gasteiger partial charge in [-0.3, -0.25) is 0 Å². The molecular weight excluding hydrogens is 779 g/mol. The van der Waals surface area contributed by atoms with Crippen molar-refractivity contribution in [1.82, 2.24) is 9.13 Å². The molecule has 13 rings (SSSR count). The molecule has 13 aromatic rings. The topological polar surface area (TPSA) is 26.2 Å². The first kappa shape index (κ1) is 36.1. The number of anilines is 3. The highest BCUT2D eigenvalue weighted by Gasteiger charge is 2.26. The monoisotopic (exact) mass is 817 g/mol. The van der Waals surface area contributed by atoms with Crippen LogP contribution in [0.2, 0.25) is 0 Å². The molecule has 300 valence electrons. The minimum absolute atomic E-state index is 0.858. The lowest BCUT2D eigenvalue weighted by Crippen LogP contribution is -2.11. The number of fused-ring (bicyclic) bond motifs is 9. The van der Waals surface area contributed by atoms with Crippen LogP contribution in [-0.2, 0) is 0 Å². The second kappa shape index (κ2) is 14.5. The Bertz CT molecular complexity index is 3890. The van der Waals surface area contributed by atoms with Gasteiger partial charge in [-0.25, -0.2) is 0 Å². The number of aromatic nitrogens is 2. The van der Waals surface area contributed by atoms with E-state index in [9.17, 15) is 0 Å². The molecule has 0 spiro atoms. The highest BCUT2D eigenvalue weighted by Crippen LogP contribution is 2.50. The number of hydrogen-bond donors (Lipinski definition) is 0. The third-order valence-electron chi connectivity index (χ3n) is 12.9. The summed E-state index contributed by atoms with van der Waals surface area (Å²) in [6, 6.07) is 85.1. The fraction of sp³-hybridized carbons (Fsp3) is 0. The molecule has 10 aromatic carbocycles. The van der Waals surface area contributed by atoms with Crippen molar-refractivity contribution in [3.8, 4) is 33.6 Å². The van der Waals surface area contributed by atoms with Crippen LogP contribution in [0.3, 0.4) is 0 Å². The van der Waals surface area contributed by atoms with Gasteiger partial charge in [-0.05, 0) is 102 Å². The van der Waals surface area contributed by atoms with Gasteiger partial charge in [0.2, 0.25) is 0 Å². The van der Waals surface area contributed by atoms with E-state index >= 15 is 0 Å². The molecule has 4 nitrogen and oxygen atoms in total. The summed E-state index contributed by atoms with van der Waals surface area (Å²) < 4.78 is 11.7. The highest BCUT2D eigenvalue weighted by molar-refractivity contribution is 6.21. The van der Waals surface area contributed by atoms with Crippen LogP contribution in [0.4, 0.5) is 17.1 Å². The molecule has 0 bridgehead atoms. The summed E-state index contributed by atoms with van der Waals surface area (Å²) in [6.45, 7) is 0. The van der Waals surface area contributed by atoms with Crippen LogP contribution in [0.15, 0.2) is 241 Å². The van der Waals surface area contributed by atoms with E-state index in [-0.39, 0.29) is 0 Å². The van der Waals surface area contributed by atoms with E-state index in [1.54, 1.807) is 0 Å². The summed E-state index contributed by atoms with van der Waals surface area (Å²) >= 11 is 0. The second-order valence-electron chi connectivity index (χ2n) is 16.5. The largest absolute Gasteiger partial charge is 0.455 e. The first-order chi connectivity index (χ1) is 31.8. The maximum Gasteiger partial charge on any atom is 0.145 e. The van der Waals surface area contributed by atoms with Crippen molar-refractivity contribution in [2.24, 2.45) is 0 Å². The fourth-order valence-electron chi connectivity index (χ4n) is 10.1. The molecule has 0 aliphatic heterocycles. The van der Waals surface area contributed by atoms with Gasteiger partial charge >= 0.3 is 0 Å². The van der Waals surface area contributed by atoms with Crippen LogP contribution in [0, 0.1) is 0 Å². The summed E-state index contributed by atoms with van der Waals surface area (Å²) in [6.07, 6.45) is 0. The number of rotatable bonds is 7. The maximum absolute atomic E-state index is 6.89. The molecule has 0 unspecified atom stereocenters. The maximum atomic E-state index is 6.89. The van der Waals surface area contributed by atoms with E-state index in [2.05, 4.69) is 251 Å². The fourth-order valence-corrected chi connectivity index (χ4v) is 10.1. The molecule has 0 aliphatic rings. The summed E-state index contributed by atoms with van der Waals surface area (Å²) in [5.41, 5.74) is 16.3. The van der Waals surface area contributed by atoms with Crippen LogP contribution in [0.5, 0.6) is 0 Å². The Morgan fingerprint density at radius 1 is 0.328 bits per heavy atom. The zero-order chi connectivity index (χ0) is 42.1. The van der Waals surface area contributed by atoms with Gasteiger partial charge in [0.05, 0.1) is 38.8 Å². The van der Waals surface area contributed by atoms with Crippen molar-refractivity contribution in [1.29, 1.82) is 0 Å². The van der Waals surface area contributed by atoms with Gasteiger partial charge in [-0.2, -0.15) is 0 Å². The van der Waals surface area contributed by atoms with Gasteiger partial charge in [0.25, 0.3) is 0 Å². The average molecular weight is 818 g/mol. The van der Waals surface area contributed by atoms with Crippen molar-refractivity contribution in [2.75, 3.05) is 4.90 Å². The van der Waals surface area contributed by atoms with Gasteiger partial charge in [0.1, 0.15) is 11.2 Å². The molecule has 64 heavy (non-hydrogen) atoms. The lowest BCUT2D eigenvalue weighted by Gasteiger charge is -2.28. The Balaban J connectivity index is 1.10. The number of furan rings is 1. The smallest absolute Gasteiger partial charge is 0.145 e. The Kier molecular flexibility index (Phi) is 8.18. The van der Waals surface area contributed by atoms with E-state index in [0.29, 0.717) is 0 Å². The lowest BCUT2D eigenvalue weighted by atomic mass is 9.98. The molecule has 0 radical (unpaired) electrons. The zero-order valence-corrected chi connectivity index (χ0v) is 34.8. The first-order valence-electron chi connectivity index (χ1n) is 21.8. The summed E-state index contributed by atoms with van der Waals surface area (Å²) in [4.78, 5) is 2.46. The zero-order valence-electron chi connectivity index (χ0n) is 34.8. The Morgan fingerprint density at radius 2 is 0.875 bits per heavy atom. The molecule has 3 heterocycles. The predicted molar refractivity (Wildman–Crippen MR) is 268 cm³/mol. The first-order valence-corrected chi connectivity index (χ1v) is 21.8. The molecule has 0 N–H and O–H groups in total. The molecule has 3 aromatic heterocycles. The van der Waals surface area contributed by atoms with Crippen molar-refractivity contribution >= 4 is 82.6 Å². The quantitative estimate of drug-likeness (QED) is 0.160. The van der Waals surface area contributed by atoms with Crippen LogP contribution < -0.4 is 4.90 Å². The van der Waals surface area contributed by atoms with E-state index in [1.165, 1.54) is 32.6 Å². The molecule has 0 atom stereocenters. The SMILES string of the molecule is c1ccc(-c2ccc(N(c3cccc(-c4ccc5c6ccccc6n(-c6ccccc6)c5c4)c3)c3cccc4c3c3ccccc3n4-c3ccccc3)c3c2oc2ccccc23)cc1. The van der Waals surface area contributed by atoms with Crippen molar-refractivity contribution in [2.45, 2.75) is 0 Å². The van der Waals surface area contributed by atoms with Gasteiger partial charge < -0.3 is 18.5 Å². The Hall–Kier alpha value is -8.60. The normalized spacial score (nSPS) is 11.8. The highest BCUT2D eigenvalue weighted by atomic mass is 16.3. The van der Waals surface area contributed by atoms with Crippen molar-refractivity contribution in [3.05, 3.63) is 237 Å². The minimum Gasteiger partial charge on any atom is -0.455 e. The van der Waals surface area contributed by atoms with Gasteiger partial charge in [0.15, 0.2) is 0 Å². The summed E-state index contributed by atoms with van der Waals surface area (Å²) in [5.74, 6) is 0. The van der Waals surface area contributed by atoms with E-state index < -0.39 is 0 Å². The third-order valence-corrected chi connectivity index (χ3v) is 12.9. The van der Waals surface area contributed by atoms with Gasteiger partial charge in [-0.15, -0.1) is 0 Å². The van der Waals surface area contributed by atoms with Crippen molar-refractivity contribution in [3.63, 3.8) is 0 Å². The average Bonchev–Trinajstić information content (AvgIpc) is 4.03. The van der Waals surface area contributed by atoms with E-state index in [1.807, 2.05) is 0 Å². The molecule has 0 aliphatic carbocycles. The summed E-state index contributed by atoms with van der Waals surface area (Å²) in [5, 5.41) is 6.98. The van der Waals surface area contributed by atoms with Crippen LogP contribution in [0.1, 0.15) is 0 Å². The minimum atomic E-state index is 0.858. The number of hydrogen-bond acceptors (Lipinski definition) is 2. The number of para-hydroxylation sites is 5. The van der Waals surface area contributed by atoms with E-state index in [4.69, 9.17) is 4.42 Å². The van der Waals surface area contributed by atoms with Crippen LogP contribution >= 0.6 is 0 Å². The molecule has 4 heteroatoms. The van der Waals surface area contributed by atoms with Gasteiger partial charge in [0, 0.05) is 49.6 Å². The molecule has 0 amide bonds. The molecular formula is C60H39N3O. The second-order valence-corrected chi connectivity index (χ2v) is 16.5. The van der Waals surface area contributed by atoms with Crippen LogP contribution in [-0.4, -0.2) is 9.13 Å². The van der Waals surface area contributed by atoms with Crippen molar-refractivity contribution < 1.29 is 4.42 Å². The predicted octanol–water partition coefficient (Wildman–Crippen LogP) is 16.6. The van der Waals surface area contributed by atoms with Crippen LogP contribution in [0.25, 0.3) is 99.2 Å². The molecule has 0 fully saturated rings. The molecule has 0 saturated heterocycles. The number of nitrogens with zero attached hydrogens (tertiary/aromatic N) is 3.